The highest BCUT2D eigenvalue weighted by Crippen LogP contribution is 2.32. The van der Waals surface area contributed by atoms with Crippen LogP contribution >= 0.6 is 23.2 Å². The Labute approximate surface area is 161 Å². The number of hydrogen-bond donors (Lipinski definition) is 5. The molecule has 144 valence electrons. The molecule has 0 saturated heterocycles. The van der Waals surface area contributed by atoms with Gasteiger partial charge in [0, 0.05) is 6.54 Å². The molecule has 10 heteroatoms. The van der Waals surface area contributed by atoms with Crippen molar-refractivity contribution >= 4 is 46.8 Å². The zero-order valence-corrected chi connectivity index (χ0v) is 15.9. The first-order valence-corrected chi connectivity index (χ1v) is 8.67. The van der Waals surface area contributed by atoms with Crippen molar-refractivity contribution in [1.29, 1.82) is 0 Å². The van der Waals surface area contributed by atoms with Gasteiger partial charge in [-0.05, 0) is 24.5 Å². The summed E-state index contributed by atoms with van der Waals surface area (Å²) in [6.07, 6.45) is 0.903. The van der Waals surface area contributed by atoms with Crippen LogP contribution in [0, 0.1) is 5.92 Å². The van der Waals surface area contributed by atoms with E-state index in [2.05, 4.69) is 29.8 Å². The molecule has 0 radical (unpaired) electrons. The van der Waals surface area contributed by atoms with Crippen LogP contribution in [0.25, 0.3) is 0 Å². The number of hydrogen-bond acceptors (Lipinski definition) is 4. The van der Waals surface area contributed by atoms with E-state index in [0.717, 1.165) is 6.42 Å². The predicted octanol–water partition coefficient (Wildman–Crippen LogP) is 2.30. The largest absolute Gasteiger partial charge is 0.480 e. The molecule has 1 atom stereocenters. The van der Waals surface area contributed by atoms with Crippen LogP contribution in [0.2, 0.25) is 10.0 Å². The SMILES string of the molecule is CC(C)CCNc1ccc(Cl)c(C(=O)N[C@@H](CNC(N)=O)C(=O)O)c1Cl. The molecule has 0 heterocycles. The van der Waals surface area contributed by atoms with Gasteiger partial charge in [-0.15, -0.1) is 0 Å². The highest BCUT2D eigenvalue weighted by molar-refractivity contribution is 6.41. The molecule has 26 heavy (non-hydrogen) atoms. The van der Waals surface area contributed by atoms with Crippen LogP contribution in [0.15, 0.2) is 12.1 Å². The third-order valence-electron chi connectivity index (χ3n) is 3.44. The van der Waals surface area contributed by atoms with Crippen LogP contribution in [0.5, 0.6) is 0 Å². The number of anilines is 1. The monoisotopic (exact) mass is 404 g/mol. The second-order valence-corrected chi connectivity index (χ2v) is 6.79. The number of carbonyl (C=O) groups is 3. The van der Waals surface area contributed by atoms with E-state index >= 15 is 0 Å². The Kier molecular flexibility index (Phi) is 8.47. The molecule has 0 aliphatic rings. The molecule has 0 spiro atoms. The molecule has 8 nitrogen and oxygen atoms in total. The average Bonchev–Trinajstić information content (AvgIpc) is 2.52. The molecule has 1 rings (SSSR count). The summed E-state index contributed by atoms with van der Waals surface area (Å²) >= 11 is 12.3. The van der Waals surface area contributed by atoms with Crippen molar-refractivity contribution in [1.82, 2.24) is 10.6 Å². The van der Waals surface area contributed by atoms with Gasteiger partial charge in [0.25, 0.3) is 5.91 Å². The van der Waals surface area contributed by atoms with Gasteiger partial charge in [0.05, 0.1) is 27.8 Å². The smallest absolute Gasteiger partial charge is 0.328 e. The Bertz CT molecular complexity index is 682. The van der Waals surface area contributed by atoms with Gasteiger partial charge in [-0.1, -0.05) is 37.0 Å². The number of rotatable bonds is 9. The van der Waals surface area contributed by atoms with Gasteiger partial charge in [-0.2, -0.15) is 0 Å². The summed E-state index contributed by atoms with van der Waals surface area (Å²) in [4.78, 5) is 34.4. The Morgan fingerprint density at radius 3 is 2.42 bits per heavy atom. The first-order valence-electron chi connectivity index (χ1n) is 7.92. The van der Waals surface area contributed by atoms with E-state index in [1.54, 1.807) is 6.07 Å². The van der Waals surface area contributed by atoms with Crippen LogP contribution in [-0.4, -0.2) is 42.1 Å². The fourth-order valence-corrected chi connectivity index (χ4v) is 2.63. The van der Waals surface area contributed by atoms with Crippen molar-refractivity contribution in [3.8, 4) is 0 Å². The fraction of sp³-hybridized carbons (Fsp3) is 0.438. The molecule has 0 aliphatic carbocycles. The predicted molar refractivity (Wildman–Crippen MR) is 101 cm³/mol. The van der Waals surface area contributed by atoms with Gasteiger partial charge in [-0.25, -0.2) is 9.59 Å². The lowest BCUT2D eigenvalue weighted by molar-refractivity contribution is -0.139. The van der Waals surface area contributed by atoms with E-state index in [9.17, 15) is 14.4 Å². The summed E-state index contributed by atoms with van der Waals surface area (Å²) in [5.74, 6) is -1.62. The molecule has 1 aromatic carbocycles. The highest BCUT2D eigenvalue weighted by Gasteiger charge is 2.24. The maximum absolute atomic E-state index is 12.5. The number of carboxylic acids is 1. The summed E-state index contributed by atoms with van der Waals surface area (Å²) in [5, 5.41) is 16.8. The lowest BCUT2D eigenvalue weighted by atomic mass is 10.1. The normalized spacial score (nSPS) is 11.7. The zero-order valence-electron chi connectivity index (χ0n) is 14.4. The molecule has 3 amide bonds. The number of carboxylic acid groups (broad SMARTS) is 1. The summed E-state index contributed by atoms with van der Waals surface area (Å²) < 4.78 is 0. The number of aliphatic carboxylic acids is 1. The molecule has 0 aliphatic heterocycles. The second-order valence-electron chi connectivity index (χ2n) is 6.00. The Balaban J connectivity index is 2.95. The topological polar surface area (TPSA) is 134 Å². The van der Waals surface area contributed by atoms with E-state index in [0.29, 0.717) is 18.2 Å². The quantitative estimate of drug-likeness (QED) is 0.430. The van der Waals surface area contributed by atoms with Crippen LogP contribution in [0.4, 0.5) is 10.5 Å². The lowest BCUT2D eigenvalue weighted by Crippen LogP contribution is -2.49. The standard InChI is InChI=1S/C16H22Cl2N4O4/c1-8(2)5-6-20-10-4-3-9(17)12(13(10)18)14(23)22-11(15(24)25)7-21-16(19)26/h3-4,8,11,20H,5-7H2,1-2H3,(H,22,23)(H,24,25)(H3,19,21,26)/t11-/m0/s1. The number of nitrogens with one attached hydrogen (secondary N) is 3. The number of amides is 3. The van der Waals surface area contributed by atoms with Crippen LogP contribution in [0.1, 0.15) is 30.6 Å². The van der Waals surface area contributed by atoms with E-state index in [-0.39, 0.29) is 22.2 Å². The number of benzene rings is 1. The first-order chi connectivity index (χ1) is 12.1. The van der Waals surface area contributed by atoms with Gasteiger partial charge < -0.3 is 26.8 Å². The third kappa shape index (κ3) is 6.61. The van der Waals surface area contributed by atoms with Gasteiger partial charge >= 0.3 is 12.0 Å². The Morgan fingerprint density at radius 1 is 1.23 bits per heavy atom. The van der Waals surface area contributed by atoms with E-state index in [1.807, 2.05) is 0 Å². The molecule has 0 bridgehead atoms. The van der Waals surface area contributed by atoms with Crippen LogP contribution < -0.4 is 21.7 Å². The summed E-state index contributed by atoms with van der Waals surface area (Å²) in [7, 11) is 0. The minimum absolute atomic E-state index is 0.0480. The maximum Gasteiger partial charge on any atom is 0.328 e. The van der Waals surface area contributed by atoms with Crippen molar-refractivity contribution in [2.75, 3.05) is 18.4 Å². The molecular formula is C16H22Cl2N4O4. The molecule has 1 aromatic rings. The molecule has 0 fully saturated rings. The van der Waals surface area contributed by atoms with Crippen molar-refractivity contribution in [3.63, 3.8) is 0 Å². The number of halogens is 2. The molecule has 0 aromatic heterocycles. The maximum atomic E-state index is 12.5. The first kappa shape index (κ1) is 21.9. The lowest BCUT2D eigenvalue weighted by Gasteiger charge is -2.17. The number of carbonyl (C=O) groups excluding carboxylic acids is 2. The van der Waals surface area contributed by atoms with Crippen molar-refractivity contribution in [2.24, 2.45) is 11.7 Å². The number of urea groups is 1. The van der Waals surface area contributed by atoms with Crippen LogP contribution in [0.3, 0.4) is 0 Å². The van der Waals surface area contributed by atoms with Gasteiger partial charge in [0.15, 0.2) is 0 Å². The Hall–Kier alpha value is -2.19. The number of nitrogens with two attached hydrogens (primary N) is 1. The highest BCUT2D eigenvalue weighted by atomic mass is 35.5. The molecular weight excluding hydrogens is 383 g/mol. The van der Waals surface area contributed by atoms with E-state index < -0.39 is 23.9 Å². The second kappa shape index (κ2) is 10.1. The van der Waals surface area contributed by atoms with Gasteiger partial charge in [0.1, 0.15) is 6.04 Å². The van der Waals surface area contributed by atoms with E-state index in [1.165, 1.54) is 6.07 Å². The summed E-state index contributed by atoms with van der Waals surface area (Å²) in [5.41, 5.74) is 5.38. The molecule has 6 N–H and O–H groups in total. The molecule has 0 saturated carbocycles. The molecule has 0 unspecified atom stereocenters. The Morgan fingerprint density at radius 2 is 1.88 bits per heavy atom. The minimum atomic E-state index is -1.39. The summed E-state index contributed by atoms with van der Waals surface area (Å²) in [6, 6.07) is 0.848. The fourth-order valence-electron chi connectivity index (χ4n) is 2.03. The van der Waals surface area contributed by atoms with Crippen molar-refractivity contribution in [3.05, 3.63) is 27.7 Å². The number of primary amides is 1. The van der Waals surface area contributed by atoms with Gasteiger partial charge in [0.2, 0.25) is 0 Å². The summed E-state index contributed by atoms with van der Waals surface area (Å²) in [6.45, 7) is 4.44. The van der Waals surface area contributed by atoms with Crippen molar-refractivity contribution in [2.45, 2.75) is 26.3 Å². The average molecular weight is 405 g/mol. The minimum Gasteiger partial charge on any atom is -0.480 e. The third-order valence-corrected chi connectivity index (χ3v) is 4.15. The van der Waals surface area contributed by atoms with Crippen LogP contribution in [-0.2, 0) is 4.79 Å². The zero-order chi connectivity index (χ0) is 19.9. The van der Waals surface area contributed by atoms with Crippen molar-refractivity contribution < 1.29 is 19.5 Å². The van der Waals surface area contributed by atoms with E-state index in [4.69, 9.17) is 34.0 Å². The van der Waals surface area contributed by atoms with Gasteiger partial charge in [-0.3, -0.25) is 4.79 Å².